The number of rotatable bonds is 4. The van der Waals surface area contributed by atoms with Crippen molar-refractivity contribution >= 4 is 22.8 Å². The van der Waals surface area contributed by atoms with E-state index in [2.05, 4.69) is 0 Å². The van der Waals surface area contributed by atoms with Crippen LogP contribution in [-0.4, -0.2) is 52.1 Å². The second-order valence-corrected chi connectivity index (χ2v) is 14.1. The van der Waals surface area contributed by atoms with Crippen LogP contribution in [0.3, 0.4) is 0 Å². The average Bonchev–Trinajstić information content (AvgIpc) is 3.22. The van der Waals surface area contributed by atoms with E-state index in [1.54, 1.807) is 40.0 Å². The van der Waals surface area contributed by atoms with Crippen molar-refractivity contribution in [1.82, 2.24) is 0 Å². The van der Waals surface area contributed by atoms with Crippen LogP contribution in [-0.2, 0) is 19.3 Å². The van der Waals surface area contributed by atoms with Gasteiger partial charge in [-0.05, 0) is 83.4 Å². The zero-order chi connectivity index (χ0) is 36.1. The van der Waals surface area contributed by atoms with Gasteiger partial charge in [-0.1, -0.05) is 12.1 Å². The van der Waals surface area contributed by atoms with E-state index in [0.29, 0.717) is 70.5 Å². The first-order chi connectivity index (χ1) is 23.6. The minimum Gasteiger partial charge on any atom is -0.507 e. The van der Waals surface area contributed by atoms with E-state index in [1.807, 2.05) is 51.1 Å². The maximum Gasteiger partial charge on any atom is 0.196 e. The number of aromatic hydroxyl groups is 2. The van der Waals surface area contributed by atoms with Crippen molar-refractivity contribution < 1.29 is 43.5 Å². The Labute approximate surface area is 290 Å². The molecule has 0 saturated heterocycles. The van der Waals surface area contributed by atoms with Gasteiger partial charge in [-0.15, -0.1) is 0 Å². The van der Waals surface area contributed by atoms with Gasteiger partial charge in [-0.3, -0.25) is 9.59 Å². The normalized spacial score (nSPS) is 18.0. The number of carbonyl (C=O) groups excluding carboxylic acids is 1. The van der Waals surface area contributed by atoms with E-state index in [1.165, 1.54) is 12.1 Å². The van der Waals surface area contributed by atoms with Crippen molar-refractivity contribution in [3.63, 3.8) is 0 Å². The summed E-state index contributed by atoms with van der Waals surface area (Å²) in [6.45, 7) is 11.7. The van der Waals surface area contributed by atoms with Gasteiger partial charge in [-0.2, -0.15) is 0 Å². The Balaban J connectivity index is 0.000000194. The number of ketones is 1. The minimum absolute atomic E-state index is 0.0350. The Bertz CT molecular complexity index is 2130. The summed E-state index contributed by atoms with van der Waals surface area (Å²) in [4.78, 5) is 25.1. The van der Waals surface area contributed by atoms with Crippen LogP contribution in [0.5, 0.6) is 34.5 Å². The van der Waals surface area contributed by atoms with Crippen LogP contribution in [0.2, 0.25) is 0 Å². The van der Waals surface area contributed by atoms with Gasteiger partial charge in [-0.25, -0.2) is 0 Å². The maximum atomic E-state index is 13.1. The Morgan fingerprint density at radius 1 is 1.00 bits per heavy atom. The molecule has 3 aliphatic rings. The summed E-state index contributed by atoms with van der Waals surface area (Å²) in [5, 5.41) is 31.4. The van der Waals surface area contributed by atoms with Gasteiger partial charge in [0, 0.05) is 42.2 Å². The highest BCUT2D eigenvalue weighted by atomic mass is 16.5. The van der Waals surface area contributed by atoms with Crippen LogP contribution in [0, 0.1) is 6.92 Å². The first-order valence-electron chi connectivity index (χ1n) is 16.5. The second-order valence-electron chi connectivity index (χ2n) is 14.1. The molecule has 1 atom stereocenters. The van der Waals surface area contributed by atoms with Gasteiger partial charge in [0.2, 0.25) is 0 Å². The topological polar surface area (TPSA) is 145 Å². The third kappa shape index (κ3) is 6.67. The number of phenols is 2. The average molecular weight is 683 g/mol. The molecule has 262 valence electrons. The Morgan fingerprint density at radius 3 is 2.50 bits per heavy atom. The number of allylic oxidation sites excluding steroid dienone is 1. The molecule has 0 amide bonds. The fourth-order valence-corrected chi connectivity index (χ4v) is 6.31. The summed E-state index contributed by atoms with van der Waals surface area (Å²) in [6.07, 6.45) is 6.14. The predicted octanol–water partition coefficient (Wildman–Crippen LogP) is 6.77. The van der Waals surface area contributed by atoms with E-state index in [9.17, 15) is 24.9 Å². The number of aliphatic hydroxyl groups is 1. The first kappa shape index (κ1) is 34.6. The molecule has 0 bridgehead atoms. The number of benzene rings is 3. The van der Waals surface area contributed by atoms with Gasteiger partial charge < -0.3 is 38.7 Å². The predicted molar refractivity (Wildman–Crippen MR) is 189 cm³/mol. The van der Waals surface area contributed by atoms with Crippen LogP contribution in [0.1, 0.15) is 73.0 Å². The molecular formula is C40H42O10. The number of phenolic OH excluding ortho intramolecular Hbond substituents is 2. The Morgan fingerprint density at radius 2 is 1.76 bits per heavy atom. The third-order valence-electron chi connectivity index (χ3n) is 9.18. The van der Waals surface area contributed by atoms with E-state index in [-0.39, 0.29) is 40.1 Å². The van der Waals surface area contributed by atoms with Gasteiger partial charge >= 0.3 is 0 Å². The fraction of sp³-hybridized carbons (Fsp3) is 0.350. The summed E-state index contributed by atoms with van der Waals surface area (Å²) in [6, 6.07) is 9.79. The van der Waals surface area contributed by atoms with Crippen LogP contribution < -0.4 is 24.4 Å². The zero-order valence-corrected chi connectivity index (χ0v) is 29.3. The lowest BCUT2D eigenvalue weighted by molar-refractivity contribution is -0.0412. The monoisotopic (exact) mass is 682 g/mol. The summed E-state index contributed by atoms with van der Waals surface area (Å²) in [7, 11) is 1.56. The molecule has 0 spiro atoms. The van der Waals surface area contributed by atoms with Crippen molar-refractivity contribution in [3.8, 4) is 34.5 Å². The van der Waals surface area contributed by atoms with E-state index < -0.39 is 17.3 Å². The fourth-order valence-electron chi connectivity index (χ4n) is 6.31. The molecule has 50 heavy (non-hydrogen) atoms. The molecule has 0 fully saturated rings. The lowest BCUT2D eigenvalue weighted by Crippen LogP contribution is -2.46. The Kier molecular flexibility index (Phi) is 8.94. The molecule has 0 radical (unpaired) electrons. The largest absolute Gasteiger partial charge is 0.507 e. The van der Waals surface area contributed by atoms with Crippen molar-refractivity contribution in [2.45, 2.75) is 78.1 Å². The van der Waals surface area contributed by atoms with Crippen molar-refractivity contribution in [1.29, 1.82) is 0 Å². The zero-order valence-electron chi connectivity index (χ0n) is 29.3. The summed E-state index contributed by atoms with van der Waals surface area (Å²) in [5.74, 6) is 2.43. The summed E-state index contributed by atoms with van der Waals surface area (Å²) in [5.41, 5.74) is 3.08. The van der Waals surface area contributed by atoms with Crippen LogP contribution in [0.15, 0.2) is 63.3 Å². The molecule has 0 aliphatic carbocycles. The van der Waals surface area contributed by atoms with Crippen LogP contribution in [0.25, 0.3) is 17.0 Å². The van der Waals surface area contributed by atoms with Crippen molar-refractivity contribution in [2.75, 3.05) is 13.7 Å². The van der Waals surface area contributed by atoms with Crippen LogP contribution >= 0.6 is 0 Å². The van der Waals surface area contributed by atoms with Crippen molar-refractivity contribution in [3.05, 3.63) is 97.9 Å². The lowest BCUT2D eigenvalue weighted by atomic mass is 9.89. The molecule has 3 aromatic carbocycles. The molecule has 7 rings (SSSR count). The molecule has 1 aromatic heterocycles. The number of methoxy groups -OCH3 is 1. The number of Topliss-reactive ketones (excluding diaryl/α,β-unsaturated/α-hetero) is 1. The summed E-state index contributed by atoms with van der Waals surface area (Å²) >= 11 is 0. The molecule has 0 saturated carbocycles. The Hall–Kier alpha value is -5.22. The highest BCUT2D eigenvalue weighted by Gasteiger charge is 2.36. The van der Waals surface area contributed by atoms with Crippen LogP contribution in [0.4, 0.5) is 0 Å². The van der Waals surface area contributed by atoms with Gasteiger partial charge in [0.05, 0.1) is 24.3 Å². The molecule has 10 nitrogen and oxygen atoms in total. The first-order valence-corrected chi connectivity index (χ1v) is 16.5. The number of aryl methyl sites for hydroxylation is 1. The maximum absolute atomic E-state index is 13.1. The van der Waals surface area contributed by atoms with E-state index >= 15 is 0 Å². The smallest absolute Gasteiger partial charge is 0.196 e. The standard InChI is InChI=1S/C25H28O6.C15H14O4/c1-24(2)9-8-16-20(30-24)7-6-14(23(16)29-5)11-18(26)17-10-15-12-22(28)25(3,4)31-21(15)13-19(17)27;1-8-3-4-10-12(18-7-8)6-13-14(15(10)17)11(16)5-9(2)19-13/h6-10,13,22,27-28H,11-12H2,1-5H3;3,5-6,17H,4,7H2,1-2H3. The molecule has 3 aliphatic heterocycles. The van der Waals surface area contributed by atoms with E-state index in [4.69, 9.17) is 23.4 Å². The highest BCUT2D eigenvalue weighted by molar-refractivity contribution is 6.01. The number of ether oxygens (including phenoxy) is 4. The number of carbonyl (C=O) groups is 1. The van der Waals surface area contributed by atoms with Gasteiger partial charge in [0.25, 0.3) is 0 Å². The number of fused-ring (bicyclic) bond motifs is 4. The van der Waals surface area contributed by atoms with Gasteiger partial charge in [0.1, 0.15) is 69.0 Å². The summed E-state index contributed by atoms with van der Waals surface area (Å²) < 4.78 is 28.5. The second kappa shape index (κ2) is 12.9. The number of aliphatic hydroxyl groups excluding tert-OH is 1. The van der Waals surface area contributed by atoms with E-state index in [0.717, 1.165) is 11.1 Å². The van der Waals surface area contributed by atoms with Gasteiger partial charge in [0.15, 0.2) is 11.2 Å². The quantitative estimate of drug-likeness (QED) is 0.156. The number of hydrogen-bond acceptors (Lipinski definition) is 10. The third-order valence-corrected chi connectivity index (χ3v) is 9.18. The molecule has 4 heterocycles. The SMILES string of the molecule is CC1=CCc2c(cc3oc(C)cc(=O)c3c2O)OC1.COc1c(CC(=O)c2cc3c(cc2O)OC(C)(C)C(O)C3)ccc2c1C=CC(C)(C)O2. The lowest BCUT2D eigenvalue weighted by Gasteiger charge is -2.37. The minimum atomic E-state index is -0.758. The molecular weight excluding hydrogens is 640 g/mol. The molecule has 4 aromatic rings. The molecule has 10 heteroatoms. The van der Waals surface area contributed by atoms with Crippen molar-refractivity contribution in [2.24, 2.45) is 0 Å². The highest BCUT2D eigenvalue weighted by Crippen LogP contribution is 2.41. The number of hydrogen-bond donors (Lipinski definition) is 3. The molecule has 3 N–H and O–H groups in total. The molecule has 1 unspecified atom stereocenters.